The minimum Gasteiger partial charge on any atom is -0.352 e. The van der Waals surface area contributed by atoms with Gasteiger partial charge in [-0.05, 0) is 25.2 Å². The number of hydrogen-bond acceptors (Lipinski definition) is 4. The molecule has 0 aromatic carbocycles. The Bertz CT molecular complexity index is 598. The Hall–Kier alpha value is -1.14. The van der Waals surface area contributed by atoms with Crippen LogP contribution in [0.15, 0.2) is 10.4 Å². The first-order valence-electron chi connectivity index (χ1n) is 10.1. The van der Waals surface area contributed by atoms with Gasteiger partial charge in [0.1, 0.15) is 5.01 Å². The largest absolute Gasteiger partial charge is 0.352 e. The number of aromatic nitrogens is 1. The van der Waals surface area contributed by atoms with Crippen molar-refractivity contribution in [2.24, 2.45) is 10.9 Å². The van der Waals surface area contributed by atoms with Crippen molar-refractivity contribution in [1.29, 1.82) is 0 Å². The Labute approximate surface area is 162 Å². The molecule has 1 unspecified atom stereocenters. The van der Waals surface area contributed by atoms with Crippen LogP contribution in [0.4, 0.5) is 0 Å². The molecule has 0 bridgehead atoms. The van der Waals surface area contributed by atoms with E-state index in [0.717, 1.165) is 30.0 Å². The van der Waals surface area contributed by atoms with Crippen molar-refractivity contribution in [3.8, 4) is 0 Å². The van der Waals surface area contributed by atoms with Crippen molar-refractivity contribution in [3.63, 3.8) is 0 Å². The fourth-order valence-corrected chi connectivity index (χ4v) is 4.92. The maximum Gasteiger partial charge on any atom is 0.191 e. The zero-order valence-electron chi connectivity index (χ0n) is 16.8. The van der Waals surface area contributed by atoms with Crippen LogP contribution >= 0.6 is 11.3 Å². The third-order valence-electron chi connectivity index (χ3n) is 5.56. The Balaban J connectivity index is 1.42. The van der Waals surface area contributed by atoms with E-state index in [2.05, 4.69) is 46.7 Å². The van der Waals surface area contributed by atoms with E-state index in [-0.39, 0.29) is 5.41 Å². The van der Waals surface area contributed by atoms with Gasteiger partial charge < -0.3 is 15.5 Å². The van der Waals surface area contributed by atoms with Crippen molar-refractivity contribution in [3.05, 3.63) is 16.1 Å². The molecule has 1 aliphatic heterocycles. The van der Waals surface area contributed by atoms with Crippen LogP contribution < -0.4 is 10.6 Å². The number of thiazole rings is 1. The average molecular weight is 378 g/mol. The summed E-state index contributed by atoms with van der Waals surface area (Å²) in [6.07, 6.45) is 6.94. The van der Waals surface area contributed by atoms with E-state index in [9.17, 15) is 0 Å². The predicted octanol–water partition coefficient (Wildman–Crippen LogP) is 3.37. The van der Waals surface area contributed by atoms with E-state index in [1.54, 1.807) is 11.3 Å². The van der Waals surface area contributed by atoms with Crippen molar-refractivity contribution < 1.29 is 0 Å². The fraction of sp³-hybridized carbons (Fsp3) is 0.800. The van der Waals surface area contributed by atoms with Crippen LogP contribution in [0.25, 0.3) is 0 Å². The highest BCUT2D eigenvalue weighted by molar-refractivity contribution is 7.09. The molecule has 0 radical (unpaired) electrons. The highest BCUT2D eigenvalue weighted by atomic mass is 32.1. The van der Waals surface area contributed by atoms with Gasteiger partial charge in [0.05, 0.1) is 12.2 Å². The number of guanidine groups is 1. The zero-order valence-corrected chi connectivity index (χ0v) is 17.7. The summed E-state index contributed by atoms with van der Waals surface area (Å²) in [5.41, 5.74) is 1.28. The topological polar surface area (TPSA) is 52.6 Å². The maximum atomic E-state index is 4.75. The van der Waals surface area contributed by atoms with Crippen LogP contribution in [-0.2, 0) is 12.0 Å². The lowest BCUT2D eigenvalue weighted by Crippen LogP contribution is -2.44. The molecular weight excluding hydrogens is 342 g/mol. The highest BCUT2D eigenvalue weighted by Crippen LogP contribution is 2.27. The maximum absolute atomic E-state index is 4.75. The summed E-state index contributed by atoms with van der Waals surface area (Å²) in [6.45, 7) is 11.0. The van der Waals surface area contributed by atoms with E-state index in [4.69, 9.17) is 4.98 Å². The van der Waals surface area contributed by atoms with Crippen molar-refractivity contribution in [2.75, 3.05) is 26.7 Å². The number of aliphatic imine (C=N–C) groups is 1. The van der Waals surface area contributed by atoms with Gasteiger partial charge >= 0.3 is 0 Å². The van der Waals surface area contributed by atoms with Crippen molar-refractivity contribution in [1.82, 2.24) is 20.5 Å². The molecule has 1 saturated carbocycles. The van der Waals surface area contributed by atoms with Crippen molar-refractivity contribution >= 4 is 17.3 Å². The van der Waals surface area contributed by atoms with Gasteiger partial charge in [-0.15, -0.1) is 11.3 Å². The second-order valence-corrected chi connectivity index (χ2v) is 9.78. The lowest BCUT2D eigenvalue weighted by atomic mass is 9.93. The summed E-state index contributed by atoms with van der Waals surface area (Å²) in [5, 5.41) is 10.3. The van der Waals surface area contributed by atoms with Gasteiger partial charge in [0, 0.05) is 43.5 Å². The fourth-order valence-electron chi connectivity index (χ4n) is 3.96. The van der Waals surface area contributed by atoms with Crippen LogP contribution in [0, 0.1) is 5.92 Å². The molecule has 6 heteroatoms. The van der Waals surface area contributed by atoms with E-state index in [1.807, 2.05) is 7.05 Å². The Morgan fingerprint density at radius 2 is 2.08 bits per heavy atom. The van der Waals surface area contributed by atoms with Crippen LogP contribution in [0.1, 0.15) is 63.6 Å². The average Bonchev–Trinajstić information content (AvgIpc) is 3.33. The summed E-state index contributed by atoms with van der Waals surface area (Å²) < 4.78 is 0. The van der Waals surface area contributed by atoms with Crippen LogP contribution in [0.2, 0.25) is 0 Å². The zero-order chi connectivity index (χ0) is 18.6. The molecule has 3 rings (SSSR count). The molecule has 0 spiro atoms. The molecule has 2 heterocycles. The molecule has 146 valence electrons. The van der Waals surface area contributed by atoms with Gasteiger partial charge in [0.15, 0.2) is 5.96 Å². The van der Waals surface area contributed by atoms with Gasteiger partial charge in [-0.1, -0.05) is 33.6 Å². The lowest BCUT2D eigenvalue weighted by Gasteiger charge is -2.21. The third kappa shape index (κ3) is 5.43. The summed E-state index contributed by atoms with van der Waals surface area (Å²) in [6, 6.07) is 0.504. The van der Waals surface area contributed by atoms with Crippen LogP contribution in [0.5, 0.6) is 0 Å². The Kier molecular flexibility index (Phi) is 6.56. The Morgan fingerprint density at radius 1 is 1.31 bits per heavy atom. The van der Waals surface area contributed by atoms with E-state index >= 15 is 0 Å². The lowest BCUT2D eigenvalue weighted by molar-refractivity contribution is 0.275. The number of rotatable bonds is 5. The summed E-state index contributed by atoms with van der Waals surface area (Å²) in [4.78, 5) is 11.8. The van der Waals surface area contributed by atoms with Gasteiger partial charge in [-0.3, -0.25) is 4.99 Å². The number of hydrogen-bond donors (Lipinski definition) is 2. The second-order valence-electron chi connectivity index (χ2n) is 8.84. The quantitative estimate of drug-likeness (QED) is 0.610. The minimum atomic E-state index is 0.112. The van der Waals surface area contributed by atoms with E-state index in [0.29, 0.717) is 6.04 Å². The highest BCUT2D eigenvalue weighted by Gasteiger charge is 2.26. The van der Waals surface area contributed by atoms with Gasteiger partial charge in [-0.25, -0.2) is 4.98 Å². The molecule has 2 N–H and O–H groups in total. The number of likely N-dealkylation sites (tertiary alicyclic amines) is 1. The van der Waals surface area contributed by atoms with E-state index < -0.39 is 0 Å². The molecule has 2 aliphatic rings. The Morgan fingerprint density at radius 3 is 2.73 bits per heavy atom. The van der Waals surface area contributed by atoms with Crippen molar-refractivity contribution in [2.45, 2.75) is 70.9 Å². The van der Waals surface area contributed by atoms with Gasteiger partial charge in [0.25, 0.3) is 0 Å². The SMILES string of the molecule is CN=C(NCc1nc(C(C)(C)C)cs1)NC1CCN(CC2CCCC2)C1. The normalized spacial score (nSPS) is 22.9. The molecule has 1 aromatic rings. The minimum absolute atomic E-state index is 0.112. The smallest absolute Gasteiger partial charge is 0.191 e. The molecule has 26 heavy (non-hydrogen) atoms. The first kappa shape index (κ1) is 19.6. The van der Waals surface area contributed by atoms with Crippen LogP contribution in [-0.4, -0.2) is 48.6 Å². The predicted molar refractivity (Wildman–Crippen MR) is 111 cm³/mol. The van der Waals surface area contributed by atoms with Gasteiger partial charge in [-0.2, -0.15) is 0 Å². The standard InChI is InChI=1S/C20H35N5S/c1-20(2,3)17-14-26-18(24-17)11-22-19(21-4)23-16-9-10-25(13-16)12-15-7-5-6-8-15/h14-16H,5-13H2,1-4H3,(H2,21,22,23). The molecule has 0 amide bonds. The van der Waals surface area contributed by atoms with Crippen LogP contribution in [0.3, 0.4) is 0 Å². The third-order valence-corrected chi connectivity index (χ3v) is 6.40. The molecule has 1 saturated heterocycles. The molecule has 1 aromatic heterocycles. The molecule has 5 nitrogen and oxygen atoms in total. The summed E-state index contributed by atoms with van der Waals surface area (Å²) >= 11 is 1.73. The number of nitrogens with one attached hydrogen (secondary N) is 2. The first-order valence-corrected chi connectivity index (χ1v) is 11.0. The monoisotopic (exact) mass is 377 g/mol. The second kappa shape index (κ2) is 8.70. The van der Waals surface area contributed by atoms with E-state index in [1.165, 1.54) is 50.9 Å². The number of nitrogens with zero attached hydrogens (tertiary/aromatic N) is 3. The summed E-state index contributed by atoms with van der Waals surface area (Å²) in [7, 11) is 1.85. The molecule has 1 aliphatic carbocycles. The summed E-state index contributed by atoms with van der Waals surface area (Å²) in [5.74, 6) is 1.83. The molecule has 2 fully saturated rings. The molecule has 1 atom stereocenters. The van der Waals surface area contributed by atoms with Gasteiger partial charge in [0.2, 0.25) is 0 Å². The molecular formula is C20H35N5S. The first-order chi connectivity index (χ1) is 12.4.